The van der Waals surface area contributed by atoms with Gasteiger partial charge in [0.15, 0.2) is 11.5 Å². The zero-order chi connectivity index (χ0) is 24.8. The average Bonchev–Trinajstić information content (AvgIpc) is 3.41. The third-order valence-electron chi connectivity index (χ3n) is 5.33. The van der Waals surface area contributed by atoms with Gasteiger partial charge in [0, 0.05) is 43.8 Å². The van der Waals surface area contributed by atoms with Gasteiger partial charge in [-0.2, -0.15) is 4.98 Å². The molecule has 2 N–H and O–H groups in total. The number of carboxylic acid groups (broad SMARTS) is 1. The third-order valence-corrected chi connectivity index (χ3v) is 5.33. The molecule has 1 amide bonds. The number of carbonyl (C=O) groups is 2. The van der Waals surface area contributed by atoms with Gasteiger partial charge in [-0.25, -0.2) is 14.4 Å². The Balaban J connectivity index is 0.00000103. The Morgan fingerprint density at radius 2 is 2.12 bits per heavy atom. The number of fused-ring (bicyclic) bond motifs is 1. The van der Waals surface area contributed by atoms with Gasteiger partial charge in [-0.05, 0) is 34.4 Å². The molecule has 4 rings (SSSR count). The van der Waals surface area contributed by atoms with E-state index in [1.165, 1.54) is 16.7 Å². The number of aromatic nitrogens is 4. The summed E-state index contributed by atoms with van der Waals surface area (Å²) in [5.41, 5.74) is 1.38. The summed E-state index contributed by atoms with van der Waals surface area (Å²) in [5, 5.41) is 9.59. The number of anilines is 2. The van der Waals surface area contributed by atoms with Crippen molar-refractivity contribution in [3.8, 4) is 5.88 Å². The molecule has 0 saturated carbocycles. The standard InChI is InChI=1S/C21H26FN7O2.CH2O2/c1-5-31-20-16(9-23-21(26-20)28-7-6-15(12-28)27(3)4)19(30)25-14-8-17(22)18-24-13(2)10-29(18)11-14;2-1-3/h8-11,15H,5-7,12H2,1-4H3,(H,25,30);1H,(H,2,3). The zero-order valence-corrected chi connectivity index (χ0v) is 19.5. The van der Waals surface area contributed by atoms with Gasteiger partial charge in [0.25, 0.3) is 12.4 Å². The molecule has 11 nitrogen and oxygen atoms in total. The Hall–Kier alpha value is -3.80. The maximum absolute atomic E-state index is 14.3. The molecule has 3 aromatic heterocycles. The van der Waals surface area contributed by atoms with Crippen LogP contribution in [0.4, 0.5) is 16.0 Å². The van der Waals surface area contributed by atoms with Gasteiger partial charge in [0.05, 0.1) is 18.0 Å². The van der Waals surface area contributed by atoms with Crippen LogP contribution in [0, 0.1) is 12.7 Å². The first kappa shape index (κ1) is 24.8. The molecule has 182 valence electrons. The lowest BCUT2D eigenvalue weighted by atomic mass is 10.2. The predicted molar refractivity (Wildman–Crippen MR) is 124 cm³/mol. The molecule has 3 aromatic rings. The molecule has 1 saturated heterocycles. The second-order valence-electron chi connectivity index (χ2n) is 7.92. The topological polar surface area (TPSA) is 125 Å². The lowest BCUT2D eigenvalue weighted by Gasteiger charge is -2.21. The van der Waals surface area contributed by atoms with Crippen molar-refractivity contribution < 1.29 is 23.8 Å². The number of pyridine rings is 1. The fraction of sp³-hybridized carbons (Fsp3) is 0.409. The quantitative estimate of drug-likeness (QED) is 0.518. The summed E-state index contributed by atoms with van der Waals surface area (Å²) in [6.45, 7) is 5.36. The van der Waals surface area contributed by atoms with Crippen LogP contribution in [-0.4, -0.2) is 81.6 Å². The molecular weight excluding hydrogens is 445 g/mol. The van der Waals surface area contributed by atoms with Crippen molar-refractivity contribution in [2.24, 2.45) is 0 Å². The van der Waals surface area contributed by atoms with E-state index in [-0.39, 0.29) is 23.6 Å². The fourth-order valence-electron chi connectivity index (χ4n) is 3.70. The van der Waals surface area contributed by atoms with Crippen molar-refractivity contribution in [2.45, 2.75) is 26.3 Å². The molecule has 1 fully saturated rings. The van der Waals surface area contributed by atoms with Crippen LogP contribution >= 0.6 is 0 Å². The maximum Gasteiger partial charge on any atom is 0.290 e. The Kier molecular flexibility index (Phi) is 7.95. The number of ether oxygens (including phenoxy) is 1. The number of imidazole rings is 1. The Bertz CT molecular complexity index is 1170. The predicted octanol–water partition coefficient (Wildman–Crippen LogP) is 2.06. The van der Waals surface area contributed by atoms with E-state index in [1.807, 2.05) is 6.92 Å². The first-order valence-electron chi connectivity index (χ1n) is 10.7. The molecule has 1 unspecified atom stereocenters. The first-order chi connectivity index (χ1) is 16.3. The van der Waals surface area contributed by atoms with Crippen LogP contribution in [-0.2, 0) is 4.79 Å². The second-order valence-corrected chi connectivity index (χ2v) is 7.92. The highest BCUT2D eigenvalue weighted by Gasteiger charge is 2.27. The van der Waals surface area contributed by atoms with Crippen LogP contribution in [0.5, 0.6) is 5.88 Å². The summed E-state index contributed by atoms with van der Waals surface area (Å²) < 4.78 is 21.5. The molecule has 34 heavy (non-hydrogen) atoms. The third kappa shape index (κ3) is 5.57. The molecule has 12 heteroatoms. The number of aryl methyl sites for hydroxylation is 1. The molecule has 1 aliphatic rings. The maximum atomic E-state index is 14.3. The highest BCUT2D eigenvalue weighted by molar-refractivity contribution is 6.05. The van der Waals surface area contributed by atoms with Crippen LogP contribution < -0.4 is 15.0 Å². The van der Waals surface area contributed by atoms with Gasteiger partial charge in [-0.1, -0.05) is 0 Å². The van der Waals surface area contributed by atoms with E-state index in [0.717, 1.165) is 19.5 Å². The molecule has 1 atom stereocenters. The Morgan fingerprint density at radius 3 is 2.76 bits per heavy atom. The smallest absolute Gasteiger partial charge is 0.290 e. The van der Waals surface area contributed by atoms with Crippen molar-refractivity contribution in [2.75, 3.05) is 44.0 Å². The van der Waals surface area contributed by atoms with Gasteiger partial charge < -0.3 is 29.4 Å². The van der Waals surface area contributed by atoms with E-state index in [4.69, 9.17) is 14.6 Å². The normalized spacial score (nSPS) is 15.2. The van der Waals surface area contributed by atoms with Gasteiger partial charge in [-0.3, -0.25) is 9.59 Å². The first-order valence-corrected chi connectivity index (χ1v) is 10.7. The lowest BCUT2D eigenvalue weighted by Crippen LogP contribution is -2.32. The van der Waals surface area contributed by atoms with Gasteiger partial charge in [0.1, 0.15) is 5.56 Å². The van der Waals surface area contributed by atoms with Crippen LogP contribution in [0.25, 0.3) is 5.65 Å². The lowest BCUT2D eigenvalue weighted by molar-refractivity contribution is -0.122. The van der Waals surface area contributed by atoms with Crippen molar-refractivity contribution in [1.82, 2.24) is 24.3 Å². The number of halogens is 1. The van der Waals surface area contributed by atoms with E-state index in [2.05, 4.69) is 44.2 Å². The van der Waals surface area contributed by atoms with Crippen LogP contribution in [0.2, 0.25) is 0 Å². The summed E-state index contributed by atoms with van der Waals surface area (Å²) in [7, 11) is 4.11. The van der Waals surface area contributed by atoms with E-state index >= 15 is 0 Å². The molecule has 0 bridgehead atoms. The number of nitrogens with one attached hydrogen (secondary N) is 1. The molecule has 4 heterocycles. The Morgan fingerprint density at radius 1 is 1.38 bits per heavy atom. The van der Waals surface area contributed by atoms with Crippen LogP contribution in [0.1, 0.15) is 29.4 Å². The van der Waals surface area contributed by atoms with Crippen molar-refractivity contribution in [1.29, 1.82) is 0 Å². The Labute approximate surface area is 196 Å². The molecule has 1 aliphatic heterocycles. The highest BCUT2D eigenvalue weighted by Crippen LogP contribution is 2.24. The number of hydrogen-bond donors (Lipinski definition) is 2. The van der Waals surface area contributed by atoms with Crippen LogP contribution in [0.3, 0.4) is 0 Å². The number of carbonyl (C=O) groups excluding carboxylic acids is 1. The number of rotatable bonds is 6. The monoisotopic (exact) mass is 473 g/mol. The molecule has 0 radical (unpaired) electrons. The van der Waals surface area contributed by atoms with E-state index in [9.17, 15) is 9.18 Å². The van der Waals surface area contributed by atoms with Crippen molar-refractivity contribution in [3.05, 3.63) is 41.7 Å². The van der Waals surface area contributed by atoms with Gasteiger partial charge >= 0.3 is 0 Å². The summed E-state index contributed by atoms with van der Waals surface area (Å²) in [6.07, 6.45) is 5.78. The largest absolute Gasteiger partial charge is 0.483 e. The number of hydrogen-bond acceptors (Lipinski definition) is 8. The summed E-state index contributed by atoms with van der Waals surface area (Å²) >= 11 is 0. The highest BCUT2D eigenvalue weighted by atomic mass is 19.1. The fourth-order valence-corrected chi connectivity index (χ4v) is 3.70. The number of likely N-dealkylation sites (N-methyl/N-ethyl adjacent to an activating group) is 1. The van der Waals surface area contributed by atoms with Crippen molar-refractivity contribution >= 4 is 29.7 Å². The van der Waals surface area contributed by atoms with E-state index in [0.29, 0.717) is 30.0 Å². The van der Waals surface area contributed by atoms with Gasteiger partial charge in [-0.15, -0.1) is 0 Å². The second kappa shape index (κ2) is 10.9. The number of amides is 1. The molecule has 0 aromatic carbocycles. The SMILES string of the molecule is CCOc1nc(N2CCC(N(C)C)C2)ncc1C(=O)Nc1cc(F)c2nc(C)cn2c1.O=CO. The van der Waals surface area contributed by atoms with Crippen molar-refractivity contribution in [3.63, 3.8) is 0 Å². The molecule has 0 spiro atoms. The summed E-state index contributed by atoms with van der Waals surface area (Å²) in [6, 6.07) is 1.67. The molecular formula is C22H28FN7O4. The molecule has 0 aliphatic carbocycles. The van der Waals surface area contributed by atoms with Gasteiger partial charge in [0.2, 0.25) is 11.8 Å². The summed E-state index contributed by atoms with van der Waals surface area (Å²) in [5.74, 6) is -0.255. The minimum atomic E-state index is -0.521. The summed E-state index contributed by atoms with van der Waals surface area (Å²) in [4.78, 5) is 38.5. The minimum absolute atomic E-state index is 0.191. The van der Waals surface area contributed by atoms with Crippen LogP contribution in [0.15, 0.2) is 24.7 Å². The van der Waals surface area contributed by atoms with E-state index < -0.39 is 11.7 Å². The zero-order valence-electron chi connectivity index (χ0n) is 19.5. The number of nitrogens with zero attached hydrogens (tertiary/aromatic N) is 6. The average molecular weight is 474 g/mol. The minimum Gasteiger partial charge on any atom is -0.483 e. The van der Waals surface area contributed by atoms with E-state index in [1.54, 1.807) is 19.3 Å².